The molecule has 7 rings (SSSR count). The molecule has 3 atom stereocenters. The summed E-state index contributed by atoms with van der Waals surface area (Å²) in [5.74, 6) is -0.851. The average molecular weight is 590 g/mol. The van der Waals surface area contributed by atoms with E-state index in [1.165, 1.54) is 6.20 Å². The summed E-state index contributed by atoms with van der Waals surface area (Å²) in [7, 11) is 0. The number of fused-ring (bicyclic) bond motifs is 3. The number of aromatic amines is 1. The number of ketones is 1. The number of hydrogen-bond donors (Lipinski definition) is 2. The number of nitrogens with one attached hydrogen (secondary N) is 1. The number of aromatic nitrogens is 7. The summed E-state index contributed by atoms with van der Waals surface area (Å²) in [6.07, 6.45) is 8.67. The van der Waals surface area contributed by atoms with E-state index < -0.39 is 5.92 Å². The van der Waals surface area contributed by atoms with Crippen LogP contribution in [-0.4, -0.2) is 70.0 Å². The molecule has 2 bridgehead atoms. The van der Waals surface area contributed by atoms with Crippen LogP contribution in [0.25, 0.3) is 28.0 Å². The van der Waals surface area contributed by atoms with Crippen molar-refractivity contribution in [2.75, 3.05) is 5.73 Å². The summed E-state index contributed by atoms with van der Waals surface area (Å²) in [5, 5.41) is 14.9. The lowest BCUT2D eigenvalue weighted by Gasteiger charge is -2.39. The molecule has 0 aliphatic carbocycles. The SMILES string of the molecule is CC(C=O)C(=O)Cc1c(C2CC3CCC(C2)N3C(=O)c2cn[nH]n2)nc2c(-c3ccc(-c4ccccc4)nc3)cnn2c1N. The van der Waals surface area contributed by atoms with Crippen LogP contribution in [0.5, 0.6) is 0 Å². The maximum Gasteiger partial charge on any atom is 0.276 e. The Labute approximate surface area is 252 Å². The number of nitrogens with two attached hydrogens (primary N) is 1. The van der Waals surface area contributed by atoms with E-state index in [9.17, 15) is 14.4 Å². The number of anilines is 1. The van der Waals surface area contributed by atoms with Gasteiger partial charge in [0.05, 0.1) is 29.7 Å². The minimum Gasteiger partial charge on any atom is -0.383 e. The number of piperidine rings is 1. The van der Waals surface area contributed by atoms with E-state index in [1.807, 2.05) is 47.4 Å². The van der Waals surface area contributed by atoms with E-state index in [1.54, 1.807) is 23.8 Å². The maximum atomic E-state index is 13.3. The van der Waals surface area contributed by atoms with Crippen LogP contribution in [0.3, 0.4) is 0 Å². The van der Waals surface area contributed by atoms with Gasteiger partial charge >= 0.3 is 0 Å². The highest BCUT2D eigenvalue weighted by Gasteiger charge is 2.45. The second-order valence-corrected chi connectivity index (χ2v) is 11.6. The Bertz CT molecular complexity index is 1840. The predicted octanol–water partition coefficient (Wildman–Crippen LogP) is 3.66. The number of benzene rings is 1. The van der Waals surface area contributed by atoms with Crippen molar-refractivity contribution in [1.29, 1.82) is 0 Å². The fraction of sp³-hybridized carbons (Fsp3) is 0.312. The molecule has 1 amide bonds. The van der Waals surface area contributed by atoms with Crippen LogP contribution in [0.1, 0.15) is 60.3 Å². The Morgan fingerprint density at radius 3 is 2.48 bits per heavy atom. The maximum absolute atomic E-state index is 13.3. The summed E-state index contributed by atoms with van der Waals surface area (Å²) >= 11 is 0. The molecule has 222 valence electrons. The van der Waals surface area contributed by atoms with Gasteiger partial charge in [0, 0.05) is 52.9 Å². The van der Waals surface area contributed by atoms with Crippen molar-refractivity contribution in [2.45, 2.75) is 57.0 Å². The molecule has 44 heavy (non-hydrogen) atoms. The molecule has 1 aromatic carbocycles. The number of carbonyl (C=O) groups excluding carboxylic acids is 3. The molecule has 0 spiro atoms. The van der Waals surface area contributed by atoms with Crippen molar-refractivity contribution in [3.63, 3.8) is 0 Å². The van der Waals surface area contributed by atoms with Gasteiger partial charge in [0.25, 0.3) is 5.91 Å². The minimum absolute atomic E-state index is 0.00115. The Kier molecular flexibility index (Phi) is 6.96. The number of H-pyrrole nitrogens is 1. The van der Waals surface area contributed by atoms with Crippen LogP contribution in [0.2, 0.25) is 0 Å². The molecule has 12 nitrogen and oxygen atoms in total. The average Bonchev–Trinajstić information content (AvgIpc) is 3.80. The quantitative estimate of drug-likeness (QED) is 0.203. The van der Waals surface area contributed by atoms with E-state index in [0.29, 0.717) is 41.9 Å². The molecule has 3 unspecified atom stereocenters. The lowest BCUT2D eigenvalue weighted by Crippen LogP contribution is -2.46. The highest BCUT2D eigenvalue weighted by Crippen LogP contribution is 2.45. The van der Waals surface area contributed by atoms with E-state index in [-0.39, 0.29) is 36.1 Å². The fourth-order valence-corrected chi connectivity index (χ4v) is 6.70. The monoisotopic (exact) mass is 589 g/mol. The number of hydrogen-bond acceptors (Lipinski definition) is 9. The van der Waals surface area contributed by atoms with Crippen molar-refractivity contribution >= 4 is 29.4 Å². The predicted molar refractivity (Wildman–Crippen MR) is 161 cm³/mol. The van der Waals surface area contributed by atoms with Gasteiger partial charge in [-0.1, -0.05) is 36.4 Å². The second-order valence-electron chi connectivity index (χ2n) is 11.6. The molecule has 0 saturated carbocycles. The summed E-state index contributed by atoms with van der Waals surface area (Å²) in [5.41, 5.74) is 12.4. The first-order chi connectivity index (χ1) is 21.4. The van der Waals surface area contributed by atoms with Gasteiger partial charge in [0.15, 0.2) is 11.3 Å². The zero-order valence-corrected chi connectivity index (χ0v) is 24.1. The molecular weight excluding hydrogens is 558 g/mol. The summed E-state index contributed by atoms with van der Waals surface area (Å²) in [6, 6.07) is 13.9. The minimum atomic E-state index is -0.765. The summed E-state index contributed by atoms with van der Waals surface area (Å²) in [6.45, 7) is 1.59. The molecule has 2 fully saturated rings. The molecule has 2 aliphatic heterocycles. The van der Waals surface area contributed by atoms with E-state index >= 15 is 0 Å². The number of amides is 1. The number of nitrogen functional groups attached to an aromatic ring is 1. The normalized spacial score (nSPS) is 20.1. The molecule has 2 aliphatic rings. The third-order valence-electron chi connectivity index (χ3n) is 9.01. The third-order valence-corrected chi connectivity index (χ3v) is 9.01. The second kappa shape index (κ2) is 11.1. The van der Waals surface area contributed by atoms with Crippen LogP contribution < -0.4 is 5.73 Å². The number of nitrogens with zero attached hydrogens (tertiary/aromatic N) is 7. The van der Waals surface area contributed by atoms with Crippen LogP contribution in [-0.2, 0) is 16.0 Å². The number of rotatable bonds is 8. The largest absolute Gasteiger partial charge is 0.383 e. The highest BCUT2D eigenvalue weighted by atomic mass is 16.2. The topological polar surface area (TPSA) is 165 Å². The first-order valence-corrected chi connectivity index (χ1v) is 14.8. The standard InChI is InChI=1S/C32H31N9O3/c1-18(17-42)28(43)13-24-29(21-11-22-8-9-23(12-21)40(22)32(44)27-16-35-39-38-27)37-31-25(15-36-41(31)30(24)33)20-7-10-26(34-14-20)19-5-3-2-4-6-19/h2-7,10,14-18,21-23H,8-9,11-13,33H2,1H3,(H,35,38,39). The molecule has 0 radical (unpaired) electrons. The van der Waals surface area contributed by atoms with Crippen molar-refractivity contribution in [1.82, 2.24) is 39.9 Å². The van der Waals surface area contributed by atoms with Crippen molar-refractivity contribution in [2.24, 2.45) is 5.92 Å². The van der Waals surface area contributed by atoms with Gasteiger partial charge < -0.3 is 15.4 Å². The number of carbonyl (C=O) groups is 3. The van der Waals surface area contributed by atoms with Gasteiger partial charge in [0.1, 0.15) is 17.9 Å². The van der Waals surface area contributed by atoms with Crippen LogP contribution in [0.4, 0.5) is 5.82 Å². The van der Waals surface area contributed by atoms with E-state index in [0.717, 1.165) is 40.9 Å². The number of pyridine rings is 1. The van der Waals surface area contributed by atoms with Gasteiger partial charge in [-0.3, -0.25) is 14.6 Å². The van der Waals surface area contributed by atoms with Crippen molar-refractivity contribution in [3.05, 3.63) is 78.0 Å². The summed E-state index contributed by atoms with van der Waals surface area (Å²) in [4.78, 5) is 49.5. The van der Waals surface area contributed by atoms with Gasteiger partial charge in [-0.15, -0.1) is 0 Å². The lowest BCUT2D eigenvalue weighted by molar-refractivity contribution is -0.126. The Morgan fingerprint density at radius 2 is 1.82 bits per heavy atom. The van der Waals surface area contributed by atoms with Crippen LogP contribution in [0, 0.1) is 5.92 Å². The first kappa shape index (κ1) is 27.6. The van der Waals surface area contributed by atoms with Crippen molar-refractivity contribution in [3.8, 4) is 22.4 Å². The molecule has 4 aromatic heterocycles. The Hall–Kier alpha value is -5.26. The molecular formula is C32H31N9O3. The number of aldehydes is 1. The van der Waals surface area contributed by atoms with Crippen LogP contribution in [0.15, 0.2) is 61.1 Å². The first-order valence-electron chi connectivity index (χ1n) is 14.8. The zero-order chi connectivity index (χ0) is 30.4. The Morgan fingerprint density at radius 1 is 1.05 bits per heavy atom. The molecule has 5 aromatic rings. The van der Waals surface area contributed by atoms with E-state index in [2.05, 4.69) is 25.5 Å². The fourth-order valence-electron chi connectivity index (χ4n) is 6.70. The van der Waals surface area contributed by atoms with E-state index in [4.69, 9.17) is 10.7 Å². The smallest absolute Gasteiger partial charge is 0.276 e. The molecule has 6 heterocycles. The van der Waals surface area contributed by atoms with Crippen LogP contribution >= 0.6 is 0 Å². The van der Waals surface area contributed by atoms with Gasteiger partial charge in [-0.2, -0.15) is 25.0 Å². The third kappa shape index (κ3) is 4.72. The Balaban J connectivity index is 1.28. The van der Waals surface area contributed by atoms with Gasteiger partial charge in [-0.25, -0.2) is 4.98 Å². The van der Waals surface area contributed by atoms with Crippen molar-refractivity contribution < 1.29 is 14.4 Å². The molecule has 3 N–H and O–H groups in total. The number of Topliss-reactive ketones (excluding diaryl/α,β-unsaturated/α-hetero) is 1. The summed E-state index contributed by atoms with van der Waals surface area (Å²) < 4.78 is 1.57. The van der Waals surface area contributed by atoms with Gasteiger partial charge in [0.2, 0.25) is 0 Å². The molecule has 12 heteroatoms. The van der Waals surface area contributed by atoms with Gasteiger partial charge in [-0.05, 0) is 38.7 Å². The highest BCUT2D eigenvalue weighted by molar-refractivity contribution is 5.95. The zero-order valence-electron chi connectivity index (χ0n) is 24.1. The lowest BCUT2D eigenvalue weighted by atomic mass is 9.84. The molecule has 2 saturated heterocycles.